The Morgan fingerprint density at radius 1 is 0.585 bits per heavy atom. The Balaban J connectivity index is 4.40. The van der Waals surface area contributed by atoms with Crippen LogP contribution in [0, 0.1) is 0 Å². The van der Waals surface area contributed by atoms with Crippen LogP contribution in [0.2, 0.25) is 0 Å². The molecule has 0 fully saturated rings. The predicted octanol–water partition coefficient (Wildman–Crippen LogP) is 11.1. The van der Waals surface area contributed by atoms with Crippen molar-refractivity contribution in [1.82, 2.24) is 0 Å². The zero-order chi connectivity index (χ0) is 39.3. The molecule has 0 heterocycles. The second-order valence-corrected chi connectivity index (χ2v) is 16.8. The number of rotatable bonds is 38. The van der Waals surface area contributed by atoms with E-state index in [1.54, 1.807) is 0 Å². The monoisotopic (exact) mass is 770 g/mol. The molecule has 2 unspecified atom stereocenters. The van der Waals surface area contributed by atoms with Crippen LogP contribution in [0.3, 0.4) is 0 Å². The van der Waals surface area contributed by atoms with Gasteiger partial charge >= 0.3 is 11.9 Å². The van der Waals surface area contributed by atoms with Gasteiger partial charge in [-0.1, -0.05) is 127 Å². The smallest absolute Gasteiger partial charge is 0.306 e. The highest BCUT2D eigenvalue weighted by Crippen LogP contribution is 2.38. The molecular formula is C43H80NO8P. The van der Waals surface area contributed by atoms with Crippen LogP contribution in [0.5, 0.6) is 0 Å². The Labute approximate surface area is 325 Å². The van der Waals surface area contributed by atoms with Crippen LogP contribution >= 0.6 is 7.82 Å². The summed E-state index contributed by atoms with van der Waals surface area (Å²) in [6.45, 7) is 4.15. The first kappa shape index (κ1) is 51.2. The van der Waals surface area contributed by atoms with Crippen molar-refractivity contribution < 1.29 is 42.1 Å². The Hall–Kier alpha value is -1.77. The lowest BCUT2D eigenvalue weighted by Gasteiger charge is -2.28. The van der Waals surface area contributed by atoms with Crippen molar-refractivity contribution in [3.05, 3.63) is 36.5 Å². The molecular weight excluding hydrogens is 689 g/mol. The van der Waals surface area contributed by atoms with Gasteiger partial charge in [0.15, 0.2) is 6.10 Å². The average Bonchev–Trinajstić information content (AvgIpc) is 3.10. The molecule has 0 aromatic carbocycles. The SMILES string of the molecule is CCCCC/C=C\C/C=C\CCCCCCCCCC(=O)OC(COC(=O)CCCCCCC/C=C\CCCCC)COP(=O)([O-])OCC[N+](C)(C)C. The Kier molecular flexibility index (Phi) is 34.7. The number of likely N-dealkylation sites (N-methyl/N-ethyl adjacent to an activating group) is 1. The normalized spacial score (nSPS) is 14.0. The second-order valence-electron chi connectivity index (χ2n) is 15.3. The zero-order valence-corrected chi connectivity index (χ0v) is 35.6. The summed E-state index contributed by atoms with van der Waals surface area (Å²) in [4.78, 5) is 37.4. The van der Waals surface area contributed by atoms with E-state index < -0.39 is 32.5 Å². The zero-order valence-electron chi connectivity index (χ0n) is 34.7. The number of phosphoric acid groups is 1. The molecule has 0 saturated carbocycles. The maximum atomic E-state index is 12.6. The van der Waals surface area contributed by atoms with Gasteiger partial charge in [-0.25, -0.2) is 0 Å². The predicted molar refractivity (Wildman–Crippen MR) is 217 cm³/mol. The fourth-order valence-corrected chi connectivity index (χ4v) is 6.23. The maximum absolute atomic E-state index is 12.6. The fraction of sp³-hybridized carbons (Fsp3) is 0.814. The third-order valence-electron chi connectivity index (χ3n) is 8.88. The molecule has 0 saturated heterocycles. The highest BCUT2D eigenvalue weighted by molar-refractivity contribution is 7.45. The molecule has 0 aliphatic carbocycles. The number of hydrogen-bond acceptors (Lipinski definition) is 8. The van der Waals surface area contributed by atoms with E-state index in [2.05, 4.69) is 50.3 Å². The van der Waals surface area contributed by atoms with Gasteiger partial charge in [0.1, 0.15) is 19.8 Å². The number of hydrogen-bond donors (Lipinski definition) is 0. The summed E-state index contributed by atoms with van der Waals surface area (Å²) in [5.41, 5.74) is 0. The molecule has 0 aromatic rings. The van der Waals surface area contributed by atoms with E-state index in [1.807, 2.05) is 21.1 Å². The molecule has 0 aliphatic rings. The van der Waals surface area contributed by atoms with Gasteiger partial charge in [0.25, 0.3) is 7.82 Å². The highest BCUT2D eigenvalue weighted by Gasteiger charge is 2.21. The van der Waals surface area contributed by atoms with E-state index in [0.717, 1.165) is 70.6 Å². The van der Waals surface area contributed by atoms with Gasteiger partial charge in [0.2, 0.25) is 0 Å². The van der Waals surface area contributed by atoms with Crippen LogP contribution < -0.4 is 4.89 Å². The third-order valence-corrected chi connectivity index (χ3v) is 9.85. The van der Waals surface area contributed by atoms with Gasteiger partial charge in [-0.05, 0) is 70.6 Å². The number of phosphoric ester groups is 1. The van der Waals surface area contributed by atoms with Crippen molar-refractivity contribution in [2.24, 2.45) is 0 Å². The standard InChI is InChI=1S/C43H80NO8P/c1-6-8-10-12-14-16-18-20-21-22-23-24-26-28-30-32-34-36-43(46)52-41(40-51-53(47,48)50-38-37-44(3,4)5)39-49-42(45)35-33-31-29-27-25-19-17-15-13-11-9-7-2/h14-17,20-21,41H,6-13,18-19,22-40H2,1-5H3/b16-14-,17-15-,21-20-. The van der Waals surface area contributed by atoms with E-state index in [4.69, 9.17) is 18.5 Å². The Bertz CT molecular complexity index is 1010. The minimum absolute atomic E-state index is 0.0341. The maximum Gasteiger partial charge on any atom is 0.306 e. The topological polar surface area (TPSA) is 111 Å². The van der Waals surface area contributed by atoms with Gasteiger partial charge in [-0.15, -0.1) is 0 Å². The molecule has 0 aliphatic heterocycles. The first-order valence-electron chi connectivity index (χ1n) is 21.2. The van der Waals surface area contributed by atoms with Crippen LogP contribution in [0.25, 0.3) is 0 Å². The number of carbonyl (C=O) groups is 2. The Morgan fingerprint density at radius 3 is 1.51 bits per heavy atom. The van der Waals surface area contributed by atoms with Crippen LogP contribution in [-0.4, -0.2) is 70.0 Å². The molecule has 0 aromatic heterocycles. The van der Waals surface area contributed by atoms with E-state index in [9.17, 15) is 19.0 Å². The lowest BCUT2D eigenvalue weighted by Crippen LogP contribution is -2.37. The summed E-state index contributed by atoms with van der Waals surface area (Å²) in [6, 6.07) is 0. The van der Waals surface area contributed by atoms with Crippen LogP contribution in [0.15, 0.2) is 36.5 Å². The van der Waals surface area contributed by atoms with Gasteiger partial charge in [-0.2, -0.15) is 0 Å². The van der Waals surface area contributed by atoms with Crippen molar-refractivity contribution >= 4 is 19.8 Å². The average molecular weight is 770 g/mol. The number of quaternary nitrogens is 1. The summed E-state index contributed by atoms with van der Waals surface area (Å²) >= 11 is 0. The molecule has 0 radical (unpaired) electrons. The fourth-order valence-electron chi connectivity index (χ4n) is 5.50. The molecule has 0 bridgehead atoms. The summed E-state index contributed by atoms with van der Waals surface area (Å²) in [5, 5.41) is 0. The van der Waals surface area contributed by atoms with E-state index in [-0.39, 0.29) is 26.1 Å². The van der Waals surface area contributed by atoms with Crippen molar-refractivity contribution in [3.8, 4) is 0 Å². The molecule has 53 heavy (non-hydrogen) atoms. The van der Waals surface area contributed by atoms with E-state index >= 15 is 0 Å². The van der Waals surface area contributed by atoms with Crippen molar-refractivity contribution in [2.75, 3.05) is 47.5 Å². The number of carbonyl (C=O) groups excluding carboxylic acids is 2. The summed E-state index contributed by atoms with van der Waals surface area (Å²) in [6.07, 6.45) is 38.8. The molecule has 0 N–H and O–H groups in total. The number of unbranched alkanes of at least 4 members (excludes halogenated alkanes) is 18. The minimum Gasteiger partial charge on any atom is -0.756 e. The molecule has 2 atom stereocenters. The van der Waals surface area contributed by atoms with Crippen LogP contribution in [0.1, 0.15) is 174 Å². The van der Waals surface area contributed by atoms with Crippen molar-refractivity contribution in [1.29, 1.82) is 0 Å². The summed E-state index contributed by atoms with van der Waals surface area (Å²) in [5.74, 6) is -0.855. The van der Waals surface area contributed by atoms with Gasteiger partial charge < -0.3 is 27.9 Å². The summed E-state index contributed by atoms with van der Waals surface area (Å²) in [7, 11) is 1.15. The largest absolute Gasteiger partial charge is 0.756 e. The number of nitrogens with zero attached hydrogens (tertiary/aromatic N) is 1. The van der Waals surface area contributed by atoms with E-state index in [0.29, 0.717) is 17.4 Å². The second kappa shape index (κ2) is 35.9. The van der Waals surface area contributed by atoms with Crippen molar-refractivity contribution in [2.45, 2.75) is 180 Å². The Morgan fingerprint density at radius 2 is 1.02 bits per heavy atom. The molecule has 9 nitrogen and oxygen atoms in total. The molecule has 0 spiro atoms. The first-order chi connectivity index (χ1) is 25.5. The van der Waals surface area contributed by atoms with Crippen LogP contribution in [-0.2, 0) is 32.7 Å². The lowest BCUT2D eigenvalue weighted by molar-refractivity contribution is -0.870. The number of ether oxygens (including phenoxy) is 2. The molecule has 0 amide bonds. The highest BCUT2D eigenvalue weighted by atomic mass is 31.2. The van der Waals surface area contributed by atoms with E-state index in [1.165, 1.54) is 70.6 Å². The van der Waals surface area contributed by atoms with Gasteiger partial charge in [0.05, 0.1) is 27.7 Å². The van der Waals surface area contributed by atoms with Gasteiger partial charge in [0, 0.05) is 12.8 Å². The number of esters is 2. The molecule has 310 valence electrons. The molecule has 0 rings (SSSR count). The quantitative estimate of drug-likeness (QED) is 0.0201. The molecule has 10 heteroatoms. The first-order valence-corrected chi connectivity index (χ1v) is 22.7. The van der Waals surface area contributed by atoms with Crippen molar-refractivity contribution in [3.63, 3.8) is 0 Å². The lowest BCUT2D eigenvalue weighted by atomic mass is 10.1. The van der Waals surface area contributed by atoms with Gasteiger partial charge in [-0.3, -0.25) is 14.2 Å². The van der Waals surface area contributed by atoms with Crippen LogP contribution in [0.4, 0.5) is 0 Å². The number of allylic oxidation sites excluding steroid dienone is 6. The minimum atomic E-state index is -4.62. The summed E-state index contributed by atoms with van der Waals surface area (Å²) < 4.78 is 33.8. The third kappa shape index (κ3) is 39.7.